The van der Waals surface area contributed by atoms with Crippen LogP contribution < -0.4 is 5.32 Å². The van der Waals surface area contributed by atoms with Crippen molar-refractivity contribution in [1.82, 2.24) is 15.1 Å². The van der Waals surface area contributed by atoms with Crippen molar-refractivity contribution in [3.8, 4) is 0 Å². The molecule has 0 rings (SSSR count). The molecule has 0 aromatic carbocycles. The summed E-state index contributed by atoms with van der Waals surface area (Å²) in [5.41, 5.74) is 0. The van der Waals surface area contributed by atoms with Crippen LogP contribution in [0.4, 0.5) is 0 Å². The first-order valence-corrected chi connectivity index (χ1v) is 7.74. The second kappa shape index (κ2) is 11.1. The van der Waals surface area contributed by atoms with Gasteiger partial charge in [0.1, 0.15) is 6.04 Å². The Kier molecular flexibility index (Phi) is 10.7. The summed E-state index contributed by atoms with van der Waals surface area (Å²) in [6.07, 6.45) is 0.790. The van der Waals surface area contributed by atoms with Crippen LogP contribution in [0.5, 0.6) is 0 Å². The van der Waals surface area contributed by atoms with E-state index in [0.29, 0.717) is 12.6 Å². The molecule has 0 bridgehead atoms. The lowest BCUT2D eigenvalue weighted by atomic mass is 10.1. The number of ether oxygens (including phenoxy) is 1. The van der Waals surface area contributed by atoms with E-state index in [9.17, 15) is 4.79 Å². The van der Waals surface area contributed by atoms with E-state index in [0.717, 1.165) is 32.6 Å². The Morgan fingerprint density at radius 1 is 1.25 bits per heavy atom. The quantitative estimate of drug-likeness (QED) is 0.578. The lowest BCUT2D eigenvalue weighted by molar-refractivity contribution is -0.146. The third-order valence-electron chi connectivity index (χ3n) is 3.39. The zero-order valence-corrected chi connectivity index (χ0v) is 14.1. The minimum atomic E-state index is -0.194. The molecule has 0 amide bonds. The van der Waals surface area contributed by atoms with Crippen molar-refractivity contribution in [1.29, 1.82) is 0 Å². The average molecular weight is 287 g/mol. The summed E-state index contributed by atoms with van der Waals surface area (Å²) < 4.78 is 5.12. The first-order chi connectivity index (χ1) is 9.46. The smallest absolute Gasteiger partial charge is 0.323 e. The minimum absolute atomic E-state index is 0.134. The molecule has 0 aromatic rings. The molecule has 0 aliphatic carbocycles. The van der Waals surface area contributed by atoms with E-state index in [1.165, 1.54) is 0 Å². The van der Waals surface area contributed by atoms with Crippen LogP contribution >= 0.6 is 0 Å². The second-order valence-electron chi connectivity index (χ2n) is 5.39. The third kappa shape index (κ3) is 7.82. The highest BCUT2D eigenvalue weighted by Crippen LogP contribution is 2.05. The number of esters is 1. The predicted octanol–water partition coefficient (Wildman–Crippen LogP) is 1.19. The van der Waals surface area contributed by atoms with Gasteiger partial charge in [0.05, 0.1) is 6.61 Å². The normalized spacial score (nSPS) is 14.6. The van der Waals surface area contributed by atoms with Crippen LogP contribution in [0.2, 0.25) is 0 Å². The van der Waals surface area contributed by atoms with Crippen molar-refractivity contribution in [2.75, 3.05) is 46.9 Å². The molecule has 0 fully saturated rings. The van der Waals surface area contributed by atoms with Crippen molar-refractivity contribution < 1.29 is 9.53 Å². The summed E-state index contributed by atoms with van der Waals surface area (Å²) in [4.78, 5) is 16.5. The molecule has 0 aliphatic heterocycles. The van der Waals surface area contributed by atoms with Gasteiger partial charge in [-0.2, -0.15) is 0 Å². The number of carbonyl (C=O) groups excluding carboxylic acids is 1. The summed E-state index contributed by atoms with van der Waals surface area (Å²) in [7, 11) is 4.18. The number of carbonyl (C=O) groups is 1. The second-order valence-corrected chi connectivity index (χ2v) is 5.39. The zero-order chi connectivity index (χ0) is 15.5. The Labute approximate surface area is 124 Å². The lowest BCUT2D eigenvalue weighted by Crippen LogP contribution is -2.45. The van der Waals surface area contributed by atoms with E-state index in [1.54, 1.807) is 0 Å². The predicted molar refractivity (Wildman–Crippen MR) is 84.0 cm³/mol. The van der Waals surface area contributed by atoms with E-state index in [2.05, 4.69) is 43.1 Å². The molecular weight excluding hydrogens is 254 g/mol. The van der Waals surface area contributed by atoms with E-state index in [4.69, 9.17) is 4.74 Å². The van der Waals surface area contributed by atoms with Crippen molar-refractivity contribution >= 4 is 5.97 Å². The fourth-order valence-corrected chi connectivity index (χ4v) is 2.42. The highest BCUT2D eigenvalue weighted by atomic mass is 16.5. The lowest BCUT2D eigenvalue weighted by Gasteiger charge is -2.31. The number of likely N-dealkylation sites (N-methyl/N-ethyl adjacent to an activating group) is 3. The summed E-state index contributed by atoms with van der Waals surface area (Å²) in [6.45, 7) is 12.4. The van der Waals surface area contributed by atoms with Crippen LogP contribution in [-0.2, 0) is 9.53 Å². The molecule has 0 aliphatic rings. The van der Waals surface area contributed by atoms with Crippen LogP contribution in [0.3, 0.4) is 0 Å². The summed E-state index contributed by atoms with van der Waals surface area (Å²) >= 11 is 0. The Morgan fingerprint density at radius 3 is 2.35 bits per heavy atom. The molecule has 0 aromatic heterocycles. The molecular formula is C15H33N3O2. The van der Waals surface area contributed by atoms with Crippen LogP contribution in [-0.4, -0.2) is 74.7 Å². The monoisotopic (exact) mass is 287 g/mol. The molecule has 2 unspecified atom stereocenters. The Hall–Kier alpha value is -0.650. The van der Waals surface area contributed by atoms with E-state index in [-0.39, 0.29) is 12.0 Å². The van der Waals surface area contributed by atoms with Gasteiger partial charge in [-0.1, -0.05) is 13.8 Å². The van der Waals surface area contributed by atoms with Crippen LogP contribution in [0.25, 0.3) is 0 Å². The minimum Gasteiger partial charge on any atom is -0.465 e. The van der Waals surface area contributed by atoms with E-state index < -0.39 is 0 Å². The summed E-state index contributed by atoms with van der Waals surface area (Å²) in [5, 5.41) is 3.21. The largest absolute Gasteiger partial charge is 0.465 e. The number of nitrogens with zero attached hydrogens (tertiary/aromatic N) is 2. The molecule has 2 atom stereocenters. The average Bonchev–Trinajstić information content (AvgIpc) is 2.37. The number of hydrogen-bond donors (Lipinski definition) is 1. The van der Waals surface area contributed by atoms with Crippen LogP contribution in [0, 0.1) is 0 Å². The molecule has 0 saturated heterocycles. The Balaban J connectivity index is 4.37. The van der Waals surface area contributed by atoms with Gasteiger partial charge in [0.25, 0.3) is 0 Å². The van der Waals surface area contributed by atoms with Gasteiger partial charge in [-0.15, -0.1) is 0 Å². The van der Waals surface area contributed by atoms with E-state index in [1.807, 2.05) is 13.8 Å². The Morgan fingerprint density at radius 2 is 1.90 bits per heavy atom. The molecule has 20 heavy (non-hydrogen) atoms. The Bertz CT molecular complexity index is 260. The standard InChI is InChI=1S/C15H33N3O2/c1-7-16-14(15(19)20-9-3)10-11-18(8-2)13(4)12-17(5)6/h13-14,16H,7-12H2,1-6H3. The zero-order valence-electron chi connectivity index (χ0n) is 14.1. The molecule has 0 saturated carbocycles. The fraction of sp³-hybridized carbons (Fsp3) is 0.933. The van der Waals surface area contributed by atoms with Crippen molar-refractivity contribution in [2.24, 2.45) is 0 Å². The van der Waals surface area contributed by atoms with Crippen molar-refractivity contribution in [3.05, 3.63) is 0 Å². The van der Waals surface area contributed by atoms with Crippen molar-refractivity contribution in [2.45, 2.75) is 46.2 Å². The van der Waals surface area contributed by atoms with Crippen LogP contribution in [0.15, 0.2) is 0 Å². The van der Waals surface area contributed by atoms with Gasteiger partial charge in [0.15, 0.2) is 0 Å². The maximum absolute atomic E-state index is 11.9. The number of hydrogen-bond acceptors (Lipinski definition) is 5. The molecule has 0 radical (unpaired) electrons. The number of nitrogens with one attached hydrogen (secondary N) is 1. The van der Waals surface area contributed by atoms with Gasteiger partial charge in [-0.05, 0) is 47.5 Å². The van der Waals surface area contributed by atoms with Crippen LogP contribution in [0.1, 0.15) is 34.1 Å². The molecule has 0 heterocycles. The van der Waals surface area contributed by atoms with Gasteiger partial charge >= 0.3 is 5.97 Å². The maximum Gasteiger partial charge on any atom is 0.323 e. The first kappa shape index (κ1) is 19.4. The van der Waals surface area contributed by atoms with Gasteiger partial charge in [0, 0.05) is 19.1 Å². The third-order valence-corrected chi connectivity index (χ3v) is 3.39. The first-order valence-electron chi connectivity index (χ1n) is 7.74. The van der Waals surface area contributed by atoms with Gasteiger partial charge in [-0.3, -0.25) is 9.69 Å². The number of rotatable bonds is 11. The van der Waals surface area contributed by atoms with Gasteiger partial charge in [-0.25, -0.2) is 0 Å². The molecule has 0 spiro atoms. The van der Waals surface area contributed by atoms with E-state index >= 15 is 0 Å². The molecule has 5 nitrogen and oxygen atoms in total. The maximum atomic E-state index is 11.9. The van der Waals surface area contributed by atoms with Gasteiger partial charge in [0.2, 0.25) is 0 Å². The SMILES string of the molecule is CCNC(CCN(CC)C(C)CN(C)C)C(=O)OCC. The molecule has 120 valence electrons. The topological polar surface area (TPSA) is 44.8 Å². The summed E-state index contributed by atoms with van der Waals surface area (Å²) in [5.74, 6) is -0.134. The van der Waals surface area contributed by atoms with Gasteiger partial charge < -0.3 is 15.0 Å². The molecule has 1 N–H and O–H groups in total. The highest BCUT2D eigenvalue weighted by Gasteiger charge is 2.21. The fourth-order valence-electron chi connectivity index (χ4n) is 2.42. The highest BCUT2D eigenvalue weighted by molar-refractivity contribution is 5.75. The summed E-state index contributed by atoms with van der Waals surface area (Å²) in [6, 6.07) is 0.292. The molecule has 5 heteroatoms. The van der Waals surface area contributed by atoms with Crippen molar-refractivity contribution in [3.63, 3.8) is 0 Å².